The maximum absolute atomic E-state index is 6.63. The summed E-state index contributed by atoms with van der Waals surface area (Å²) in [6, 6.07) is 11.3. The van der Waals surface area contributed by atoms with Crippen molar-refractivity contribution in [2.24, 2.45) is 0 Å². The second kappa shape index (κ2) is 11.9. The molecule has 0 unspecified atom stereocenters. The highest BCUT2D eigenvalue weighted by atomic mass is 35.5. The predicted octanol–water partition coefficient (Wildman–Crippen LogP) is 7.99. The van der Waals surface area contributed by atoms with Crippen molar-refractivity contribution < 1.29 is 9.47 Å². The van der Waals surface area contributed by atoms with E-state index in [1.54, 1.807) is 31.6 Å². The molecule has 9 heteroatoms. The Morgan fingerprint density at radius 3 is 2.40 bits per heavy atom. The average molecular weight is 581 g/mol. The first kappa shape index (κ1) is 27.2. The maximum atomic E-state index is 6.63. The van der Waals surface area contributed by atoms with E-state index in [0.717, 1.165) is 42.6 Å². The number of fused-ring (bicyclic) bond motifs is 1. The fourth-order valence-electron chi connectivity index (χ4n) is 6.49. The minimum absolute atomic E-state index is 0.411. The topological polar surface area (TPSA) is 86.7 Å². The Kier molecular flexibility index (Phi) is 8.05. The highest BCUT2D eigenvalue weighted by Crippen LogP contribution is 2.48. The monoisotopic (exact) mass is 579 g/mol. The van der Waals surface area contributed by atoms with Gasteiger partial charge in [-0.05, 0) is 80.1 Å². The minimum Gasteiger partial charge on any atom is -0.493 e. The molecule has 0 radical (unpaired) electrons. The van der Waals surface area contributed by atoms with Gasteiger partial charge in [-0.1, -0.05) is 55.0 Å². The third-order valence-corrected chi connectivity index (χ3v) is 9.13. The quantitative estimate of drug-likeness (QED) is 0.225. The summed E-state index contributed by atoms with van der Waals surface area (Å²) in [6.45, 7) is 2.00. The van der Waals surface area contributed by atoms with Gasteiger partial charge in [-0.15, -0.1) is 0 Å². The lowest BCUT2D eigenvalue weighted by molar-refractivity contribution is 0.379. The van der Waals surface area contributed by atoms with Crippen molar-refractivity contribution in [3.63, 3.8) is 0 Å². The summed E-state index contributed by atoms with van der Waals surface area (Å²) < 4.78 is 14.1. The number of nitrogens with zero attached hydrogens (tertiary/aromatic N) is 3. The standard InChI is InChI=1S/C31H35Cl2N5O2/c1-39-26-16-21(8-11-25(26)40-22-9-10-23(32)24(33)17-22)28-27(19-12-14-35-15-13-19)29(20-6-4-2-3-5-7-20)38-30(28)31(34)36-18-37-38/h8-11,16-20,35H,2-7,12-15H2,1H3,(H2,34,36,37). The molecule has 40 heavy (non-hydrogen) atoms. The van der Waals surface area contributed by atoms with Crippen LogP contribution in [0.1, 0.15) is 74.5 Å². The van der Waals surface area contributed by atoms with Crippen molar-refractivity contribution in [3.05, 3.63) is 64.0 Å². The molecule has 2 aliphatic rings. The molecule has 7 nitrogen and oxygen atoms in total. The Morgan fingerprint density at radius 2 is 1.68 bits per heavy atom. The molecule has 0 spiro atoms. The van der Waals surface area contributed by atoms with Crippen LogP contribution in [0.3, 0.4) is 0 Å². The first-order chi connectivity index (χ1) is 19.5. The summed E-state index contributed by atoms with van der Waals surface area (Å²) in [5.74, 6) is 3.14. The zero-order valence-electron chi connectivity index (χ0n) is 22.8. The Labute approximate surface area is 245 Å². The molecule has 1 aliphatic carbocycles. The lowest BCUT2D eigenvalue weighted by atomic mass is 9.81. The van der Waals surface area contributed by atoms with Crippen molar-refractivity contribution in [1.29, 1.82) is 0 Å². The molecule has 3 heterocycles. The third kappa shape index (κ3) is 5.22. The molecule has 0 atom stereocenters. The zero-order valence-corrected chi connectivity index (χ0v) is 24.3. The largest absolute Gasteiger partial charge is 0.493 e. The van der Waals surface area contributed by atoms with Gasteiger partial charge in [0, 0.05) is 17.5 Å². The second-order valence-corrected chi connectivity index (χ2v) is 11.7. The minimum atomic E-state index is 0.411. The van der Waals surface area contributed by atoms with E-state index in [0.29, 0.717) is 44.9 Å². The predicted molar refractivity (Wildman–Crippen MR) is 161 cm³/mol. The fraction of sp³-hybridized carbons (Fsp3) is 0.419. The van der Waals surface area contributed by atoms with Crippen LogP contribution < -0.4 is 20.5 Å². The molecular formula is C31H35Cl2N5O2. The molecule has 3 N–H and O–H groups in total. The SMILES string of the molecule is COc1cc(-c2c(C3CCNCC3)c(C3CCCCCC3)n3ncnc(N)c23)ccc1Oc1ccc(Cl)c(Cl)c1. The van der Waals surface area contributed by atoms with Gasteiger partial charge < -0.3 is 20.5 Å². The number of rotatable bonds is 6. The summed E-state index contributed by atoms with van der Waals surface area (Å²) in [4.78, 5) is 4.44. The molecule has 1 saturated carbocycles. The number of methoxy groups -OCH3 is 1. The number of piperidine rings is 1. The van der Waals surface area contributed by atoms with Crippen LogP contribution in [0.5, 0.6) is 17.2 Å². The Bertz CT molecular complexity index is 1510. The van der Waals surface area contributed by atoms with Crippen LogP contribution >= 0.6 is 23.2 Å². The molecule has 0 bridgehead atoms. The molecule has 0 amide bonds. The third-order valence-electron chi connectivity index (χ3n) is 8.39. The molecule has 4 aromatic rings. The Hall–Kier alpha value is -3.00. The Morgan fingerprint density at radius 1 is 0.900 bits per heavy atom. The highest BCUT2D eigenvalue weighted by Gasteiger charge is 2.33. The number of nitrogens with one attached hydrogen (secondary N) is 1. The van der Waals surface area contributed by atoms with E-state index < -0.39 is 0 Å². The first-order valence-corrected chi connectivity index (χ1v) is 15.0. The van der Waals surface area contributed by atoms with Gasteiger partial charge >= 0.3 is 0 Å². The second-order valence-electron chi connectivity index (χ2n) is 10.8. The maximum Gasteiger partial charge on any atom is 0.169 e. The van der Waals surface area contributed by atoms with E-state index >= 15 is 0 Å². The lowest BCUT2D eigenvalue weighted by Crippen LogP contribution is -2.27. The number of hydrogen-bond donors (Lipinski definition) is 2. The zero-order chi connectivity index (χ0) is 27.6. The first-order valence-electron chi connectivity index (χ1n) is 14.2. The number of aromatic nitrogens is 3. The van der Waals surface area contributed by atoms with Gasteiger partial charge in [0.15, 0.2) is 17.3 Å². The number of anilines is 1. The van der Waals surface area contributed by atoms with Crippen LogP contribution in [-0.4, -0.2) is 34.8 Å². The van der Waals surface area contributed by atoms with Crippen LogP contribution in [0.4, 0.5) is 5.82 Å². The van der Waals surface area contributed by atoms with Crippen molar-refractivity contribution in [3.8, 4) is 28.4 Å². The van der Waals surface area contributed by atoms with Crippen LogP contribution in [0.15, 0.2) is 42.7 Å². The smallest absolute Gasteiger partial charge is 0.169 e. The van der Waals surface area contributed by atoms with E-state index in [-0.39, 0.29) is 0 Å². The van der Waals surface area contributed by atoms with Gasteiger partial charge in [-0.3, -0.25) is 0 Å². The van der Waals surface area contributed by atoms with Crippen LogP contribution in [0.2, 0.25) is 10.0 Å². The summed E-state index contributed by atoms with van der Waals surface area (Å²) in [6.07, 6.45) is 11.2. The van der Waals surface area contributed by atoms with Crippen LogP contribution in [-0.2, 0) is 0 Å². The van der Waals surface area contributed by atoms with Crippen molar-refractivity contribution in [2.75, 3.05) is 25.9 Å². The van der Waals surface area contributed by atoms with E-state index in [1.165, 1.54) is 49.8 Å². The number of benzene rings is 2. The summed E-state index contributed by atoms with van der Waals surface area (Å²) in [5.41, 5.74) is 12.3. The Balaban J connectivity index is 1.52. The van der Waals surface area contributed by atoms with Crippen LogP contribution in [0, 0.1) is 0 Å². The lowest BCUT2D eigenvalue weighted by Gasteiger charge is -2.27. The number of halogens is 2. The molecular weight excluding hydrogens is 545 g/mol. The molecule has 2 fully saturated rings. The molecule has 2 aromatic heterocycles. The van der Waals surface area contributed by atoms with Crippen molar-refractivity contribution in [2.45, 2.75) is 63.2 Å². The number of nitrogen functional groups attached to an aromatic ring is 1. The van der Waals surface area contributed by atoms with Gasteiger partial charge in [0.2, 0.25) is 0 Å². The molecule has 6 rings (SSSR count). The van der Waals surface area contributed by atoms with Crippen molar-refractivity contribution >= 4 is 34.5 Å². The highest BCUT2D eigenvalue weighted by molar-refractivity contribution is 6.42. The number of ether oxygens (including phenoxy) is 2. The van der Waals surface area contributed by atoms with Gasteiger partial charge in [0.25, 0.3) is 0 Å². The van der Waals surface area contributed by atoms with Gasteiger partial charge in [-0.2, -0.15) is 5.10 Å². The summed E-state index contributed by atoms with van der Waals surface area (Å²) in [5, 5.41) is 9.26. The van der Waals surface area contributed by atoms with E-state index in [2.05, 4.69) is 20.9 Å². The van der Waals surface area contributed by atoms with Gasteiger partial charge in [0.05, 0.1) is 22.8 Å². The summed E-state index contributed by atoms with van der Waals surface area (Å²) in [7, 11) is 1.65. The fourth-order valence-corrected chi connectivity index (χ4v) is 6.78. The summed E-state index contributed by atoms with van der Waals surface area (Å²) >= 11 is 12.3. The molecule has 2 aromatic carbocycles. The van der Waals surface area contributed by atoms with Crippen LogP contribution in [0.25, 0.3) is 16.6 Å². The average Bonchev–Trinajstić information content (AvgIpc) is 3.11. The van der Waals surface area contributed by atoms with E-state index in [9.17, 15) is 0 Å². The number of nitrogens with two attached hydrogens (primary N) is 1. The van der Waals surface area contributed by atoms with Gasteiger partial charge in [-0.25, -0.2) is 9.50 Å². The van der Waals surface area contributed by atoms with Crippen molar-refractivity contribution in [1.82, 2.24) is 19.9 Å². The molecule has 1 saturated heterocycles. The molecule has 1 aliphatic heterocycles. The normalized spacial score (nSPS) is 17.2. The van der Waals surface area contributed by atoms with Gasteiger partial charge in [0.1, 0.15) is 17.6 Å². The number of hydrogen-bond acceptors (Lipinski definition) is 6. The molecule has 210 valence electrons. The van der Waals surface area contributed by atoms with E-state index in [4.69, 9.17) is 43.5 Å². The van der Waals surface area contributed by atoms with E-state index in [1.807, 2.05) is 12.1 Å².